The summed E-state index contributed by atoms with van der Waals surface area (Å²) in [6, 6.07) is 0. The molecular formula is C9H18N2. The molecule has 11 heavy (non-hydrogen) atoms. The van der Waals surface area contributed by atoms with Gasteiger partial charge >= 0.3 is 0 Å². The van der Waals surface area contributed by atoms with Gasteiger partial charge in [0.1, 0.15) is 0 Å². The second-order valence-corrected chi connectivity index (χ2v) is 3.96. The Morgan fingerprint density at radius 3 is 2.55 bits per heavy atom. The third kappa shape index (κ3) is 2.46. The molecule has 0 aromatic heterocycles. The van der Waals surface area contributed by atoms with Crippen LogP contribution in [-0.4, -0.2) is 26.2 Å². The second kappa shape index (κ2) is 3.55. The lowest BCUT2D eigenvalue weighted by Crippen LogP contribution is -2.43. The minimum absolute atomic E-state index is 0.974. The van der Waals surface area contributed by atoms with Gasteiger partial charge in [-0.15, -0.1) is 0 Å². The van der Waals surface area contributed by atoms with Crippen molar-refractivity contribution in [2.24, 2.45) is 11.8 Å². The standard InChI is InChI=1S/C9H18N2/c1-2-8(1)5-10-4-3-9-6-11-7-9/h8-11H,1-7H2. The topological polar surface area (TPSA) is 24.1 Å². The molecule has 0 radical (unpaired) electrons. The van der Waals surface area contributed by atoms with Gasteiger partial charge in [-0.2, -0.15) is 0 Å². The molecule has 0 amide bonds. The van der Waals surface area contributed by atoms with E-state index in [2.05, 4.69) is 10.6 Å². The first kappa shape index (κ1) is 7.56. The van der Waals surface area contributed by atoms with Gasteiger partial charge in [0.15, 0.2) is 0 Å². The van der Waals surface area contributed by atoms with Crippen molar-refractivity contribution in [2.75, 3.05) is 26.2 Å². The smallest absolute Gasteiger partial charge is 0.000778 e. The summed E-state index contributed by atoms with van der Waals surface area (Å²) in [6.07, 6.45) is 4.32. The Morgan fingerprint density at radius 1 is 1.18 bits per heavy atom. The summed E-state index contributed by atoms with van der Waals surface area (Å²) < 4.78 is 0. The van der Waals surface area contributed by atoms with Crippen LogP contribution in [0.15, 0.2) is 0 Å². The predicted molar refractivity (Wildman–Crippen MR) is 46.6 cm³/mol. The van der Waals surface area contributed by atoms with E-state index in [0.717, 1.165) is 11.8 Å². The maximum absolute atomic E-state index is 3.52. The first-order valence-electron chi connectivity index (χ1n) is 4.86. The van der Waals surface area contributed by atoms with Crippen LogP contribution in [-0.2, 0) is 0 Å². The molecule has 0 spiro atoms. The van der Waals surface area contributed by atoms with Crippen LogP contribution in [0.1, 0.15) is 19.3 Å². The highest BCUT2D eigenvalue weighted by Gasteiger charge is 2.20. The second-order valence-electron chi connectivity index (χ2n) is 3.96. The van der Waals surface area contributed by atoms with Crippen molar-refractivity contribution in [2.45, 2.75) is 19.3 Å². The van der Waals surface area contributed by atoms with E-state index in [9.17, 15) is 0 Å². The Balaban J connectivity index is 1.40. The Labute approximate surface area is 68.7 Å². The molecule has 0 bridgehead atoms. The van der Waals surface area contributed by atoms with E-state index in [4.69, 9.17) is 0 Å². The molecule has 0 atom stereocenters. The van der Waals surface area contributed by atoms with E-state index in [0.29, 0.717) is 0 Å². The third-order valence-corrected chi connectivity index (χ3v) is 2.73. The zero-order chi connectivity index (χ0) is 7.52. The lowest BCUT2D eigenvalue weighted by Gasteiger charge is -2.26. The summed E-state index contributed by atoms with van der Waals surface area (Å²) in [5.41, 5.74) is 0. The monoisotopic (exact) mass is 154 g/mol. The van der Waals surface area contributed by atoms with Crippen LogP contribution in [0.2, 0.25) is 0 Å². The normalized spacial score (nSPS) is 25.1. The SMILES string of the molecule is C(CC1CNC1)NCC1CC1. The van der Waals surface area contributed by atoms with Gasteiger partial charge in [0.05, 0.1) is 0 Å². The minimum Gasteiger partial charge on any atom is -0.316 e. The molecule has 0 aromatic rings. The fourth-order valence-electron chi connectivity index (χ4n) is 1.49. The first-order chi connectivity index (χ1) is 5.45. The van der Waals surface area contributed by atoms with E-state index >= 15 is 0 Å². The molecule has 1 heterocycles. The van der Waals surface area contributed by atoms with Gasteiger partial charge in [-0.05, 0) is 57.3 Å². The number of nitrogens with one attached hydrogen (secondary N) is 2. The zero-order valence-corrected chi connectivity index (χ0v) is 7.10. The van der Waals surface area contributed by atoms with Gasteiger partial charge in [0, 0.05) is 0 Å². The molecule has 1 aliphatic carbocycles. The van der Waals surface area contributed by atoms with Gasteiger partial charge in [-0.1, -0.05) is 0 Å². The molecule has 2 aliphatic rings. The molecule has 2 rings (SSSR count). The largest absolute Gasteiger partial charge is 0.316 e. The molecule has 64 valence electrons. The lowest BCUT2D eigenvalue weighted by molar-refractivity contribution is 0.322. The maximum Gasteiger partial charge on any atom is -0.000778 e. The minimum atomic E-state index is 0.974. The van der Waals surface area contributed by atoms with Gasteiger partial charge in [-0.25, -0.2) is 0 Å². The van der Waals surface area contributed by atoms with Crippen LogP contribution in [0, 0.1) is 11.8 Å². The van der Waals surface area contributed by atoms with Gasteiger partial charge in [0.2, 0.25) is 0 Å². The Bertz CT molecular complexity index is 117. The quantitative estimate of drug-likeness (QED) is 0.567. The number of hydrogen-bond donors (Lipinski definition) is 2. The van der Waals surface area contributed by atoms with Crippen LogP contribution in [0.4, 0.5) is 0 Å². The summed E-state index contributed by atoms with van der Waals surface area (Å²) in [7, 11) is 0. The van der Waals surface area contributed by atoms with Gasteiger partial charge in [0.25, 0.3) is 0 Å². The van der Waals surface area contributed by atoms with E-state index < -0.39 is 0 Å². The highest BCUT2D eigenvalue weighted by atomic mass is 15.0. The molecule has 0 aromatic carbocycles. The van der Waals surface area contributed by atoms with Crippen molar-refractivity contribution in [1.29, 1.82) is 0 Å². The highest BCUT2D eigenvalue weighted by Crippen LogP contribution is 2.27. The van der Waals surface area contributed by atoms with Crippen molar-refractivity contribution >= 4 is 0 Å². The molecule has 2 N–H and O–H groups in total. The molecule has 1 saturated heterocycles. The summed E-state index contributed by atoms with van der Waals surface area (Å²) in [6.45, 7) is 5.03. The zero-order valence-electron chi connectivity index (χ0n) is 7.10. The van der Waals surface area contributed by atoms with Crippen LogP contribution in [0.3, 0.4) is 0 Å². The summed E-state index contributed by atoms with van der Waals surface area (Å²) in [4.78, 5) is 0. The molecule has 1 aliphatic heterocycles. The Morgan fingerprint density at radius 2 is 2.00 bits per heavy atom. The van der Waals surface area contributed by atoms with Crippen LogP contribution in [0.25, 0.3) is 0 Å². The summed E-state index contributed by atoms with van der Waals surface area (Å²) in [5.74, 6) is 2.01. The van der Waals surface area contributed by atoms with Crippen LogP contribution in [0.5, 0.6) is 0 Å². The van der Waals surface area contributed by atoms with E-state index in [1.54, 1.807) is 0 Å². The lowest BCUT2D eigenvalue weighted by atomic mass is 10.00. The Hall–Kier alpha value is -0.0800. The number of rotatable bonds is 5. The van der Waals surface area contributed by atoms with E-state index in [1.165, 1.54) is 45.4 Å². The molecule has 1 saturated carbocycles. The molecule has 0 unspecified atom stereocenters. The van der Waals surface area contributed by atoms with Crippen molar-refractivity contribution in [3.8, 4) is 0 Å². The van der Waals surface area contributed by atoms with Crippen LogP contribution < -0.4 is 10.6 Å². The summed E-state index contributed by atoms with van der Waals surface area (Å²) >= 11 is 0. The fraction of sp³-hybridized carbons (Fsp3) is 1.00. The van der Waals surface area contributed by atoms with Crippen molar-refractivity contribution < 1.29 is 0 Å². The highest BCUT2D eigenvalue weighted by molar-refractivity contribution is 4.77. The average molecular weight is 154 g/mol. The van der Waals surface area contributed by atoms with Crippen molar-refractivity contribution in [3.63, 3.8) is 0 Å². The summed E-state index contributed by atoms with van der Waals surface area (Å²) in [5, 5.41) is 6.81. The van der Waals surface area contributed by atoms with E-state index in [1.807, 2.05) is 0 Å². The van der Waals surface area contributed by atoms with Crippen LogP contribution >= 0.6 is 0 Å². The first-order valence-corrected chi connectivity index (χ1v) is 4.86. The number of hydrogen-bond acceptors (Lipinski definition) is 2. The molecule has 2 nitrogen and oxygen atoms in total. The third-order valence-electron chi connectivity index (χ3n) is 2.73. The fourth-order valence-corrected chi connectivity index (χ4v) is 1.49. The molecule has 2 fully saturated rings. The predicted octanol–water partition coefficient (Wildman–Crippen LogP) is 0.595. The van der Waals surface area contributed by atoms with Crippen molar-refractivity contribution in [1.82, 2.24) is 10.6 Å². The average Bonchev–Trinajstić information content (AvgIpc) is 2.66. The van der Waals surface area contributed by atoms with Gasteiger partial charge < -0.3 is 10.6 Å². The van der Waals surface area contributed by atoms with Gasteiger partial charge in [-0.3, -0.25) is 0 Å². The maximum atomic E-state index is 3.52. The van der Waals surface area contributed by atoms with Crippen molar-refractivity contribution in [3.05, 3.63) is 0 Å². The van der Waals surface area contributed by atoms with E-state index in [-0.39, 0.29) is 0 Å². The molecular weight excluding hydrogens is 136 g/mol. The molecule has 2 heteroatoms. The Kier molecular flexibility index (Phi) is 2.44.